The van der Waals surface area contributed by atoms with Crippen molar-refractivity contribution in [2.75, 3.05) is 32.1 Å². The van der Waals surface area contributed by atoms with Crippen molar-refractivity contribution >= 4 is 10.0 Å². The number of hydrogen-bond acceptors (Lipinski definition) is 4. The summed E-state index contributed by atoms with van der Waals surface area (Å²) in [6.45, 7) is 2.92. The molecule has 122 valence electrons. The van der Waals surface area contributed by atoms with Crippen LogP contribution < -0.4 is 10.0 Å². The zero-order valence-electron chi connectivity index (χ0n) is 11.8. The Morgan fingerprint density at radius 3 is 2.35 bits per heavy atom. The first-order chi connectivity index (χ1) is 9.12. The molecule has 0 bridgehead atoms. The van der Waals surface area contributed by atoms with Gasteiger partial charge in [0.2, 0.25) is 10.0 Å². The average molecular weight is 320 g/mol. The monoisotopic (exact) mass is 320 g/mol. The third-order valence-electron chi connectivity index (χ3n) is 2.23. The number of nitrogens with one attached hydrogen (secondary N) is 2. The van der Waals surface area contributed by atoms with Crippen LogP contribution in [0, 0.1) is 0 Å². The zero-order chi connectivity index (χ0) is 15.6. The van der Waals surface area contributed by atoms with Gasteiger partial charge in [-0.25, -0.2) is 13.1 Å². The van der Waals surface area contributed by atoms with E-state index < -0.39 is 22.8 Å². The number of hydrogen-bond donors (Lipinski definition) is 2. The lowest BCUT2D eigenvalue weighted by Gasteiger charge is -2.10. The normalized spacial score (nSPS) is 13.1. The fourth-order valence-corrected chi connectivity index (χ4v) is 2.46. The number of halogens is 3. The van der Waals surface area contributed by atoms with E-state index in [2.05, 4.69) is 14.8 Å². The highest BCUT2D eigenvalue weighted by atomic mass is 32.2. The van der Waals surface area contributed by atoms with Crippen LogP contribution in [0.15, 0.2) is 0 Å². The predicted octanol–water partition coefficient (Wildman–Crippen LogP) is 1.26. The summed E-state index contributed by atoms with van der Waals surface area (Å²) in [7, 11) is -3.44. The summed E-state index contributed by atoms with van der Waals surface area (Å²) >= 11 is 0. The van der Waals surface area contributed by atoms with E-state index in [9.17, 15) is 21.6 Å². The van der Waals surface area contributed by atoms with Gasteiger partial charge in [-0.3, -0.25) is 0 Å². The summed E-state index contributed by atoms with van der Waals surface area (Å²) in [6.07, 6.45) is -3.16. The summed E-state index contributed by atoms with van der Waals surface area (Å²) < 4.78 is 64.7. The third-order valence-corrected chi connectivity index (χ3v) is 3.70. The summed E-state index contributed by atoms with van der Waals surface area (Å²) in [6, 6.07) is 0.357. The maximum absolute atomic E-state index is 11.7. The Hall–Kier alpha value is -0.380. The van der Waals surface area contributed by atoms with E-state index in [4.69, 9.17) is 0 Å². The summed E-state index contributed by atoms with van der Waals surface area (Å²) in [4.78, 5) is 0. The molecule has 0 aromatic carbocycles. The van der Waals surface area contributed by atoms with Gasteiger partial charge in [-0.15, -0.1) is 0 Å². The van der Waals surface area contributed by atoms with Crippen LogP contribution in [0.5, 0.6) is 0 Å². The van der Waals surface area contributed by atoms with E-state index >= 15 is 0 Å². The fourth-order valence-electron chi connectivity index (χ4n) is 1.34. The largest absolute Gasteiger partial charge is 0.411 e. The molecule has 0 unspecified atom stereocenters. The van der Waals surface area contributed by atoms with Crippen molar-refractivity contribution in [2.45, 2.75) is 38.9 Å². The molecule has 0 saturated carbocycles. The molecule has 0 rings (SSSR count). The second kappa shape index (κ2) is 9.54. The van der Waals surface area contributed by atoms with Crippen LogP contribution in [0.4, 0.5) is 13.2 Å². The lowest BCUT2D eigenvalue weighted by Crippen LogP contribution is -2.31. The Kier molecular flexibility index (Phi) is 9.36. The standard InChI is InChI=1S/C11H23F3N2O3S/c1-10(2)15-5-3-4-8-20(17,18)16-6-7-19-9-11(12,13)14/h10,15-16H,3-9H2,1-2H3. The molecule has 0 aliphatic rings. The molecule has 0 aliphatic heterocycles. The van der Waals surface area contributed by atoms with Gasteiger partial charge >= 0.3 is 6.18 Å². The number of ether oxygens (including phenoxy) is 1. The predicted molar refractivity (Wildman–Crippen MR) is 71.0 cm³/mol. The maximum Gasteiger partial charge on any atom is 0.411 e. The zero-order valence-corrected chi connectivity index (χ0v) is 12.6. The Morgan fingerprint density at radius 1 is 1.15 bits per heavy atom. The number of unbranched alkanes of at least 4 members (excludes halogenated alkanes) is 1. The highest BCUT2D eigenvalue weighted by Crippen LogP contribution is 2.13. The summed E-state index contributed by atoms with van der Waals surface area (Å²) in [5, 5.41) is 3.16. The van der Waals surface area contributed by atoms with Crippen LogP contribution in [-0.4, -0.2) is 52.7 Å². The van der Waals surface area contributed by atoms with E-state index in [0.717, 1.165) is 13.0 Å². The van der Waals surface area contributed by atoms with Gasteiger partial charge in [0, 0.05) is 12.6 Å². The van der Waals surface area contributed by atoms with E-state index in [1.807, 2.05) is 13.8 Å². The van der Waals surface area contributed by atoms with Gasteiger partial charge in [-0.05, 0) is 19.4 Å². The van der Waals surface area contributed by atoms with Gasteiger partial charge in [-0.2, -0.15) is 13.2 Å². The van der Waals surface area contributed by atoms with Crippen molar-refractivity contribution < 1.29 is 26.3 Å². The molecule has 9 heteroatoms. The minimum atomic E-state index is -4.39. The van der Waals surface area contributed by atoms with Crippen LogP contribution in [0.2, 0.25) is 0 Å². The lowest BCUT2D eigenvalue weighted by atomic mass is 10.3. The Bertz CT molecular complexity index is 345. The van der Waals surface area contributed by atoms with Gasteiger partial charge in [-0.1, -0.05) is 13.8 Å². The summed E-state index contributed by atoms with van der Waals surface area (Å²) in [5.74, 6) is -0.0357. The molecule has 20 heavy (non-hydrogen) atoms. The van der Waals surface area contributed by atoms with Gasteiger partial charge in [0.15, 0.2) is 0 Å². The highest BCUT2D eigenvalue weighted by Gasteiger charge is 2.27. The number of rotatable bonds is 11. The molecule has 0 radical (unpaired) electrons. The second-order valence-electron chi connectivity index (χ2n) is 4.70. The topological polar surface area (TPSA) is 67.4 Å². The van der Waals surface area contributed by atoms with Gasteiger partial charge < -0.3 is 10.1 Å². The molecule has 0 atom stereocenters. The van der Waals surface area contributed by atoms with Crippen molar-refractivity contribution in [3.05, 3.63) is 0 Å². The Balaban J connectivity index is 3.60. The van der Waals surface area contributed by atoms with E-state index in [0.29, 0.717) is 12.5 Å². The van der Waals surface area contributed by atoms with E-state index in [1.54, 1.807) is 0 Å². The highest BCUT2D eigenvalue weighted by molar-refractivity contribution is 7.89. The molecular formula is C11H23F3N2O3S. The Labute approximate surface area is 118 Å². The first kappa shape index (κ1) is 19.6. The molecule has 0 aromatic rings. The fraction of sp³-hybridized carbons (Fsp3) is 1.00. The molecular weight excluding hydrogens is 297 g/mol. The van der Waals surface area contributed by atoms with Crippen molar-refractivity contribution in [1.82, 2.24) is 10.0 Å². The SMILES string of the molecule is CC(C)NCCCCS(=O)(=O)NCCOCC(F)(F)F. The van der Waals surface area contributed by atoms with Crippen LogP contribution in [0.25, 0.3) is 0 Å². The van der Waals surface area contributed by atoms with Crippen LogP contribution in [0.3, 0.4) is 0 Å². The van der Waals surface area contributed by atoms with Crippen LogP contribution in [0.1, 0.15) is 26.7 Å². The van der Waals surface area contributed by atoms with Gasteiger partial charge in [0.25, 0.3) is 0 Å². The quantitative estimate of drug-likeness (QED) is 0.563. The lowest BCUT2D eigenvalue weighted by molar-refractivity contribution is -0.173. The molecule has 0 saturated heterocycles. The first-order valence-corrected chi connectivity index (χ1v) is 8.13. The molecule has 0 heterocycles. The van der Waals surface area contributed by atoms with E-state index in [-0.39, 0.29) is 18.9 Å². The van der Waals surface area contributed by atoms with Crippen molar-refractivity contribution in [3.8, 4) is 0 Å². The number of sulfonamides is 1. The van der Waals surface area contributed by atoms with Gasteiger partial charge in [0.05, 0.1) is 12.4 Å². The minimum Gasteiger partial charge on any atom is -0.371 e. The first-order valence-electron chi connectivity index (χ1n) is 6.47. The Morgan fingerprint density at radius 2 is 1.80 bits per heavy atom. The van der Waals surface area contributed by atoms with E-state index in [1.165, 1.54) is 0 Å². The molecule has 0 aromatic heterocycles. The molecule has 5 nitrogen and oxygen atoms in total. The maximum atomic E-state index is 11.7. The molecule has 0 fully saturated rings. The van der Waals surface area contributed by atoms with Crippen molar-refractivity contribution in [2.24, 2.45) is 0 Å². The van der Waals surface area contributed by atoms with Crippen LogP contribution in [-0.2, 0) is 14.8 Å². The molecule has 0 spiro atoms. The molecule has 0 amide bonds. The van der Waals surface area contributed by atoms with Crippen molar-refractivity contribution in [3.63, 3.8) is 0 Å². The smallest absolute Gasteiger partial charge is 0.371 e. The average Bonchev–Trinajstić information content (AvgIpc) is 2.25. The van der Waals surface area contributed by atoms with Gasteiger partial charge in [0.1, 0.15) is 6.61 Å². The van der Waals surface area contributed by atoms with Crippen molar-refractivity contribution in [1.29, 1.82) is 0 Å². The minimum absolute atomic E-state index is 0.0357. The number of alkyl halides is 3. The third kappa shape index (κ3) is 14.0. The molecule has 2 N–H and O–H groups in total. The molecule has 0 aliphatic carbocycles. The second-order valence-corrected chi connectivity index (χ2v) is 6.62. The van der Waals surface area contributed by atoms with Crippen LogP contribution >= 0.6 is 0 Å². The summed E-state index contributed by atoms with van der Waals surface area (Å²) in [5.41, 5.74) is 0.